The molecular weight excluding hydrogens is 282 g/mol. The zero-order chi connectivity index (χ0) is 15.3. The summed E-state index contributed by atoms with van der Waals surface area (Å²) in [7, 11) is 0. The molecule has 2 bridgehead atoms. The molecule has 0 saturated heterocycles. The molecule has 1 aromatic heterocycles. The first-order valence-corrected chi connectivity index (χ1v) is 7.66. The molecule has 1 amide bonds. The highest BCUT2D eigenvalue weighted by atomic mass is 16.4. The molecule has 2 aromatic rings. The quantitative estimate of drug-likeness (QED) is 0.913. The monoisotopic (exact) mass is 299 g/mol. The number of carboxylic acids is 1. The first-order chi connectivity index (χ1) is 10.6. The van der Waals surface area contributed by atoms with Crippen LogP contribution in [0.4, 0.5) is 0 Å². The van der Waals surface area contributed by atoms with Crippen LogP contribution in [0.3, 0.4) is 0 Å². The number of furan rings is 1. The summed E-state index contributed by atoms with van der Waals surface area (Å²) < 4.78 is 5.56. The van der Waals surface area contributed by atoms with Gasteiger partial charge in [-0.3, -0.25) is 9.59 Å². The van der Waals surface area contributed by atoms with Crippen molar-refractivity contribution in [3.63, 3.8) is 0 Å². The smallest absolute Gasteiger partial charge is 0.308 e. The zero-order valence-electron chi connectivity index (χ0n) is 12.0. The van der Waals surface area contributed by atoms with Gasteiger partial charge in [-0.15, -0.1) is 0 Å². The molecule has 2 aliphatic rings. The fraction of sp³-hybridized carbons (Fsp3) is 0.412. The molecule has 2 N–H and O–H groups in total. The number of para-hydroxylation sites is 1. The first kappa shape index (κ1) is 13.4. The maximum atomic E-state index is 12.4. The highest BCUT2D eigenvalue weighted by Crippen LogP contribution is 2.48. The van der Waals surface area contributed by atoms with Crippen LogP contribution in [0.1, 0.15) is 29.8 Å². The summed E-state index contributed by atoms with van der Waals surface area (Å²) >= 11 is 0. The third-order valence-electron chi connectivity index (χ3n) is 5.15. The predicted molar refractivity (Wildman–Crippen MR) is 79.4 cm³/mol. The van der Waals surface area contributed by atoms with Gasteiger partial charge in [0, 0.05) is 11.4 Å². The second kappa shape index (κ2) is 4.87. The summed E-state index contributed by atoms with van der Waals surface area (Å²) in [6, 6.07) is 8.85. The van der Waals surface area contributed by atoms with Crippen LogP contribution in [0.2, 0.25) is 0 Å². The largest absolute Gasteiger partial charge is 0.481 e. The number of fused-ring (bicyclic) bond motifs is 3. The Kier molecular flexibility index (Phi) is 2.96. The number of amides is 1. The van der Waals surface area contributed by atoms with Gasteiger partial charge in [0.2, 0.25) is 0 Å². The van der Waals surface area contributed by atoms with Crippen LogP contribution in [-0.2, 0) is 4.79 Å². The highest BCUT2D eigenvalue weighted by molar-refractivity contribution is 5.96. The highest BCUT2D eigenvalue weighted by Gasteiger charge is 2.51. The molecule has 0 spiro atoms. The number of carbonyl (C=O) groups is 2. The molecule has 114 valence electrons. The Hall–Kier alpha value is -2.30. The van der Waals surface area contributed by atoms with E-state index >= 15 is 0 Å². The Bertz CT molecular complexity index is 717. The van der Waals surface area contributed by atoms with Crippen molar-refractivity contribution in [2.75, 3.05) is 0 Å². The van der Waals surface area contributed by atoms with E-state index in [2.05, 4.69) is 5.32 Å². The summed E-state index contributed by atoms with van der Waals surface area (Å²) in [6.07, 6.45) is 2.86. The number of rotatable bonds is 3. The minimum atomic E-state index is -0.804. The maximum absolute atomic E-state index is 12.4. The van der Waals surface area contributed by atoms with E-state index in [0.29, 0.717) is 5.58 Å². The number of carboxylic acid groups (broad SMARTS) is 1. The van der Waals surface area contributed by atoms with E-state index < -0.39 is 11.9 Å². The molecule has 1 aromatic carbocycles. The van der Waals surface area contributed by atoms with Crippen molar-refractivity contribution in [2.45, 2.75) is 25.3 Å². The van der Waals surface area contributed by atoms with Crippen molar-refractivity contribution in [3.8, 4) is 0 Å². The van der Waals surface area contributed by atoms with Crippen molar-refractivity contribution in [1.82, 2.24) is 5.32 Å². The molecule has 0 unspecified atom stereocenters. The van der Waals surface area contributed by atoms with Gasteiger partial charge >= 0.3 is 5.97 Å². The van der Waals surface area contributed by atoms with Crippen molar-refractivity contribution < 1.29 is 19.1 Å². The van der Waals surface area contributed by atoms with Gasteiger partial charge < -0.3 is 14.8 Å². The van der Waals surface area contributed by atoms with Crippen molar-refractivity contribution in [2.24, 2.45) is 17.8 Å². The van der Waals surface area contributed by atoms with Crippen LogP contribution >= 0.6 is 0 Å². The third kappa shape index (κ3) is 2.00. The van der Waals surface area contributed by atoms with Crippen LogP contribution < -0.4 is 5.32 Å². The molecule has 5 heteroatoms. The number of carbonyl (C=O) groups excluding carboxylic acids is 1. The number of hydrogen-bond donors (Lipinski definition) is 2. The predicted octanol–water partition coefficient (Wildman–Crippen LogP) is 2.66. The van der Waals surface area contributed by atoms with Crippen molar-refractivity contribution in [1.29, 1.82) is 0 Å². The number of aliphatic carboxylic acids is 1. The average molecular weight is 299 g/mol. The molecule has 4 atom stereocenters. The van der Waals surface area contributed by atoms with Gasteiger partial charge in [0.1, 0.15) is 5.58 Å². The van der Waals surface area contributed by atoms with Crippen LogP contribution in [0, 0.1) is 17.8 Å². The van der Waals surface area contributed by atoms with Gasteiger partial charge in [0.15, 0.2) is 5.76 Å². The summed E-state index contributed by atoms with van der Waals surface area (Å²) in [5.74, 6) is -0.870. The molecule has 0 aliphatic heterocycles. The zero-order valence-corrected chi connectivity index (χ0v) is 12.0. The van der Waals surface area contributed by atoms with Gasteiger partial charge in [0.25, 0.3) is 5.91 Å². The summed E-state index contributed by atoms with van der Waals surface area (Å²) in [4.78, 5) is 23.9. The van der Waals surface area contributed by atoms with Gasteiger partial charge in [-0.05, 0) is 43.2 Å². The van der Waals surface area contributed by atoms with Gasteiger partial charge in [0.05, 0.1) is 5.92 Å². The Morgan fingerprint density at radius 1 is 1.18 bits per heavy atom. The minimum Gasteiger partial charge on any atom is -0.481 e. The van der Waals surface area contributed by atoms with E-state index in [4.69, 9.17) is 4.42 Å². The molecule has 0 radical (unpaired) electrons. The molecule has 22 heavy (non-hydrogen) atoms. The third-order valence-corrected chi connectivity index (χ3v) is 5.15. The number of hydrogen-bond acceptors (Lipinski definition) is 3. The molecule has 4 rings (SSSR count). The lowest BCUT2D eigenvalue weighted by atomic mass is 9.84. The first-order valence-electron chi connectivity index (χ1n) is 7.66. The van der Waals surface area contributed by atoms with E-state index in [1.807, 2.05) is 24.3 Å². The van der Waals surface area contributed by atoms with Crippen molar-refractivity contribution in [3.05, 3.63) is 36.1 Å². The lowest BCUT2D eigenvalue weighted by molar-refractivity contribution is -0.144. The molecule has 2 saturated carbocycles. The molecule has 1 heterocycles. The molecular formula is C17H17NO4. The van der Waals surface area contributed by atoms with E-state index in [0.717, 1.165) is 24.6 Å². The van der Waals surface area contributed by atoms with E-state index in [1.54, 1.807) is 6.07 Å². The van der Waals surface area contributed by atoms with Crippen LogP contribution in [-0.4, -0.2) is 23.0 Å². The summed E-state index contributed by atoms with van der Waals surface area (Å²) in [5, 5.41) is 13.2. The van der Waals surface area contributed by atoms with E-state index in [9.17, 15) is 14.7 Å². The fourth-order valence-corrected chi connectivity index (χ4v) is 4.17. The van der Waals surface area contributed by atoms with Crippen molar-refractivity contribution >= 4 is 22.8 Å². The number of nitrogens with one attached hydrogen (secondary N) is 1. The van der Waals surface area contributed by atoms with Gasteiger partial charge in [-0.1, -0.05) is 18.2 Å². The Morgan fingerprint density at radius 3 is 2.73 bits per heavy atom. The Balaban J connectivity index is 1.57. The topological polar surface area (TPSA) is 79.5 Å². The second-order valence-electron chi connectivity index (χ2n) is 6.34. The average Bonchev–Trinajstić information content (AvgIpc) is 3.20. The molecule has 5 nitrogen and oxygen atoms in total. The maximum Gasteiger partial charge on any atom is 0.308 e. The lowest BCUT2D eigenvalue weighted by Crippen LogP contribution is -2.46. The van der Waals surface area contributed by atoms with E-state index in [-0.39, 0.29) is 29.5 Å². The Morgan fingerprint density at radius 2 is 1.95 bits per heavy atom. The fourth-order valence-electron chi connectivity index (χ4n) is 4.17. The van der Waals surface area contributed by atoms with Crippen LogP contribution in [0.25, 0.3) is 11.0 Å². The lowest BCUT2D eigenvalue weighted by Gasteiger charge is -2.28. The van der Waals surface area contributed by atoms with Gasteiger partial charge in [-0.2, -0.15) is 0 Å². The Labute approximate surface area is 127 Å². The normalized spacial score (nSPS) is 29.8. The van der Waals surface area contributed by atoms with Crippen LogP contribution in [0.5, 0.6) is 0 Å². The summed E-state index contributed by atoms with van der Waals surface area (Å²) in [5.41, 5.74) is 0.662. The van der Waals surface area contributed by atoms with Crippen LogP contribution in [0.15, 0.2) is 34.7 Å². The molecule has 2 aliphatic carbocycles. The molecule has 2 fully saturated rings. The van der Waals surface area contributed by atoms with E-state index in [1.165, 1.54) is 0 Å². The SMILES string of the molecule is O=C(N[C@H]1[C@H]2CC[C@@H](C2)[C@@H]1C(=O)O)c1cc2ccccc2o1. The standard InChI is InChI=1S/C17H17NO4/c19-16(13-8-9-3-1-2-4-12(9)22-13)18-15-11-6-5-10(7-11)14(15)17(20)21/h1-4,8,10-11,14-15H,5-7H2,(H,18,19)(H,20,21)/t10-,11-,14-,15-/m0/s1. The minimum absolute atomic E-state index is 0.198. The number of benzene rings is 1. The summed E-state index contributed by atoms with van der Waals surface area (Å²) in [6.45, 7) is 0. The second-order valence-corrected chi connectivity index (χ2v) is 6.34. The van der Waals surface area contributed by atoms with Gasteiger partial charge in [-0.25, -0.2) is 0 Å².